The minimum atomic E-state index is -0.478. The summed E-state index contributed by atoms with van der Waals surface area (Å²) in [7, 11) is 1.37. The van der Waals surface area contributed by atoms with Gasteiger partial charge in [-0.25, -0.2) is 4.79 Å². The minimum absolute atomic E-state index is 0.323. The van der Waals surface area contributed by atoms with Gasteiger partial charge >= 0.3 is 5.97 Å². The second-order valence-corrected chi connectivity index (χ2v) is 7.10. The summed E-state index contributed by atoms with van der Waals surface area (Å²) in [6, 6.07) is 16.7. The van der Waals surface area contributed by atoms with Gasteiger partial charge in [0.2, 0.25) is 0 Å². The van der Waals surface area contributed by atoms with Crippen molar-refractivity contribution < 1.29 is 14.6 Å². The number of aliphatic hydroxyl groups excluding tert-OH is 1. The molecule has 0 aliphatic carbocycles. The zero-order valence-electron chi connectivity index (χ0n) is 16.0. The molecule has 0 aromatic heterocycles. The molecule has 0 radical (unpaired) electrons. The van der Waals surface area contributed by atoms with Crippen molar-refractivity contribution in [2.24, 2.45) is 0 Å². The van der Waals surface area contributed by atoms with Crippen LogP contribution in [0.5, 0.6) is 0 Å². The number of esters is 1. The summed E-state index contributed by atoms with van der Waals surface area (Å²) in [5.41, 5.74) is 4.38. The molecule has 0 spiro atoms. The maximum absolute atomic E-state index is 11.2. The standard InChI is InChI=1S/C23H27NO3/c1-17-5-10-20(11-6-17)22(25)16-24-15-3-4-21(24)19-12-7-18(8-13-19)9-14-23(26)27-2/h5-14,21-22,25H,3-4,15-16H2,1-2H3/t21-,22?/m0/s1. The van der Waals surface area contributed by atoms with E-state index in [9.17, 15) is 9.90 Å². The minimum Gasteiger partial charge on any atom is -0.466 e. The predicted molar refractivity (Wildman–Crippen MR) is 107 cm³/mol. The lowest BCUT2D eigenvalue weighted by molar-refractivity contribution is -0.134. The predicted octanol–water partition coefficient (Wildman–Crippen LogP) is 4.05. The van der Waals surface area contributed by atoms with Crippen LogP contribution in [0.15, 0.2) is 54.6 Å². The molecular formula is C23H27NO3. The van der Waals surface area contributed by atoms with Crippen molar-refractivity contribution in [1.29, 1.82) is 0 Å². The fourth-order valence-electron chi connectivity index (χ4n) is 3.60. The number of β-amino-alcohol motifs (C(OH)–C–C–N with tert-alkyl or cyclic N) is 1. The Labute approximate surface area is 161 Å². The van der Waals surface area contributed by atoms with Crippen molar-refractivity contribution in [3.8, 4) is 0 Å². The van der Waals surface area contributed by atoms with E-state index in [0.717, 1.165) is 30.5 Å². The molecule has 142 valence electrons. The lowest BCUT2D eigenvalue weighted by atomic mass is 10.0. The average molecular weight is 365 g/mol. The zero-order chi connectivity index (χ0) is 19.2. The van der Waals surface area contributed by atoms with Gasteiger partial charge in [0.25, 0.3) is 0 Å². The summed E-state index contributed by atoms with van der Waals surface area (Å²) in [5, 5.41) is 10.6. The molecule has 1 fully saturated rings. The normalized spacial score (nSPS) is 18.7. The van der Waals surface area contributed by atoms with Gasteiger partial charge in [-0.05, 0) is 49.1 Å². The molecule has 1 unspecified atom stereocenters. The van der Waals surface area contributed by atoms with Crippen LogP contribution in [-0.2, 0) is 9.53 Å². The Morgan fingerprint density at radius 3 is 2.59 bits per heavy atom. The molecule has 4 heteroatoms. The number of hydrogen-bond acceptors (Lipinski definition) is 4. The summed E-state index contributed by atoms with van der Waals surface area (Å²) in [6.07, 6.45) is 4.93. The van der Waals surface area contributed by atoms with Crippen LogP contribution in [0.25, 0.3) is 6.08 Å². The molecule has 27 heavy (non-hydrogen) atoms. The summed E-state index contributed by atoms with van der Waals surface area (Å²) in [5.74, 6) is -0.355. The molecule has 1 aliphatic rings. The van der Waals surface area contributed by atoms with Gasteiger partial charge in [-0.1, -0.05) is 54.1 Å². The average Bonchev–Trinajstić information content (AvgIpc) is 3.15. The highest BCUT2D eigenvalue weighted by Gasteiger charge is 2.27. The first kappa shape index (κ1) is 19.3. The first-order valence-electron chi connectivity index (χ1n) is 9.41. The van der Waals surface area contributed by atoms with Crippen LogP contribution in [0.2, 0.25) is 0 Å². The number of hydrogen-bond donors (Lipinski definition) is 1. The Hall–Kier alpha value is -2.43. The van der Waals surface area contributed by atoms with Crippen LogP contribution in [-0.4, -0.2) is 36.2 Å². The topological polar surface area (TPSA) is 49.8 Å². The van der Waals surface area contributed by atoms with Gasteiger partial charge in [0.15, 0.2) is 0 Å². The van der Waals surface area contributed by atoms with Crippen molar-refractivity contribution in [2.45, 2.75) is 31.9 Å². The number of methoxy groups -OCH3 is 1. The van der Waals surface area contributed by atoms with Gasteiger partial charge in [0.05, 0.1) is 13.2 Å². The van der Waals surface area contributed by atoms with Gasteiger partial charge in [-0.3, -0.25) is 4.90 Å². The van der Waals surface area contributed by atoms with Crippen molar-refractivity contribution in [2.75, 3.05) is 20.2 Å². The first-order chi connectivity index (χ1) is 13.1. The Kier molecular flexibility index (Phi) is 6.43. The highest BCUT2D eigenvalue weighted by molar-refractivity contribution is 5.86. The van der Waals surface area contributed by atoms with E-state index in [-0.39, 0.29) is 5.97 Å². The first-order valence-corrected chi connectivity index (χ1v) is 9.41. The van der Waals surface area contributed by atoms with Gasteiger partial charge in [-0.2, -0.15) is 0 Å². The molecule has 0 bridgehead atoms. The summed E-state index contributed by atoms with van der Waals surface area (Å²) in [4.78, 5) is 13.6. The largest absolute Gasteiger partial charge is 0.466 e. The number of rotatable bonds is 6. The lowest BCUT2D eigenvalue weighted by Crippen LogP contribution is -2.28. The fraction of sp³-hybridized carbons (Fsp3) is 0.348. The van der Waals surface area contributed by atoms with Crippen molar-refractivity contribution in [3.63, 3.8) is 0 Å². The third-order valence-corrected chi connectivity index (χ3v) is 5.17. The monoisotopic (exact) mass is 365 g/mol. The maximum Gasteiger partial charge on any atom is 0.330 e. The molecule has 2 aromatic rings. The third-order valence-electron chi connectivity index (χ3n) is 5.17. The van der Waals surface area contributed by atoms with Crippen LogP contribution in [0.3, 0.4) is 0 Å². The number of benzene rings is 2. The maximum atomic E-state index is 11.2. The Balaban J connectivity index is 1.66. The smallest absolute Gasteiger partial charge is 0.330 e. The van der Waals surface area contributed by atoms with E-state index in [1.165, 1.54) is 24.3 Å². The molecular weight excluding hydrogens is 338 g/mol. The molecule has 4 nitrogen and oxygen atoms in total. The van der Waals surface area contributed by atoms with Gasteiger partial charge in [0.1, 0.15) is 0 Å². The number of likely N-dealkylation sites (tertiary alicyclic amines) is 1. The Morgan fingerprint density at radius 2 is 1.93 bits per heavy atom. The number of aryl methyl sites for hydroxylation is 1. The number of carbonyl (C=O) groups excluding carboxylic acids is 1. The van der Waals surface area contributed by atoms with E-state index in [0.29, 0.717) is 12.6 Å². The number of nitrogens with zero attached hydrogens (tertiary/aromatic N) is 1. The van der Waals surface area contributed by atoms with Gasteiger partial charge in [0, 0.05) is 18.7 Å². The molecule has 2 aromatic carbocycles. The Morgan fingerprint density at radius 1 is 1.22 bits per heavy atom. The summed E-state index contributed by atoms with van der Waals surface area (Å²) in [6.45, 7) is 3.69. The van der Waals surface area contributed by atoms with Crippen molar-refractivity contribution >= 4 is 12.0 Å². The molecule has 1 heterocycles. The van der Waals surface area contributed by atoms with E-state index in [1.807, 2.05) is 36.4 Å². The highest BCUT2D eigenvalue weighted by Crippen LogP contribution is 2.33. The SMILES string of the molecule is COC(=O)C=Cc1ccc([C@@H]2CCCN2CC(O)c2ccc(C)cc2)cc1. The molecule has 2 atom stereocenters. The number of ether oxygens (including phenoxy) is 1. The quantitative estimate of drug-likeness (QED) is 0.620. The second-order valence-electron chi connectivity index (χ2n) is 7.10. The zero-order valence-corrected chi connectivity index (χ0v) is 16.0. The molecule has 1 N–H and O–H groups in total. The summed E-state index contributed by atoms with van der Waals surface area (Å²) < 4.78 is 4.61. The van der Waals surface area contributed by atoms with Crippen LogP contribution < -0.4 is 0 Å². The van der Waals surface area contributed by atoms with E-state index in [1.54, 1.807) is 6.08 Å². The molecule has 1 aliphatic heterocycles. The van der Waals surface area contributed by atoms with Gasteiger partial charge in [-0.15, -0.1) is 0 Å². The van der Waals surface area contributed by atoms with Crippen LogP contribution in [0.4, 0.5) is 0 Å². The second kappa shape index (κ2) is 8.98. The van der Waals surface area contributed by atoms with Crippen LogP contribution >= 0.6 is 0 Å². The van der Waals surface area contributed by atoms with Gasteiger partial charge < -0.3 is 9.84 Å². The van der Waals surface area contributed by atoms with E-state index < -0.39 is 6.10 Å². The van der Waals surface area contributed by atoms with Crippen molar-refractivity contribution in [3.05, 3.63) is 76.9 Å². The number of aliphatic hydroxyl groups is 1. The summed E-state index contributed by atoms with van der Waals surface area (Å²) >= 11 is 0. The van der Waals surface area contributed by atoms with Crippen LogP contribution in [0.1, 0.15) is 47.2 Å². The molecule has 1 saturated heterocycles. The van der Waals surface area contributed by atoms with Crippen LogP contribution in [0, 0.1) is 6.92 Å². The van der Waals surface area contributed by atoms with E-state index >= 15 is 0 Å². The third kappa shape index (κ3) is 5.06. The lowest BCUT2D eigenvalue weighted by Gasteiger charge is -2.27. The molecule has 3 rings (SSSR count). The Bertz CT molecular complexity index is 780. The van der Waals surface area contributed by atoms with Crippen molar-refractivity contribution in [1.82, 2.24) is 4.90 Å². The van der Waals surface area contributed by atoms with E-state index in [2.05, 4.69) is 28.7 Å². The highest BCUT2D eigenvalue weighted by atomic mass is 16.5. The number of carbonyl (C=O) groups is 1. The fourth-order valence-corrected chi connectivity index (χ4v) is 3.60. The molecule has 0 saturated carbocycles. The molecule has 0 amide bonds. The van der Waals surface area contributed by atoms with E-state index in [4.69, 9.17) is 0 Å².